The normalized spacial score (nSPS) is 18.8. The molecule has 2 rings (SSSR count). The summed E-state index contributed by atoms with van der Waals surface area (Å²) in [6.07, 6.45) is 2.48. The van der Waals surface area contributed by atoms with Gasteiger partial charge in [0, 0.05) is 19.6 Å². The Morgan fingerprint density at radius 2 is 2.00 bits per heavy atom. The van der Waals surface area contributed by atoms with Crippen molar-refractivity contribution in [2.24, 2.45) is 0 Å². The Labute approximate surface area is 138 Å². The molecular weight excluding hydrogens is 316 g/mol. The van der Waals surface area contributed by atoms with Gasteiger partial charge in [-0.2, -0.15) is 4.31 Å². The highest BCUT2D eigenvalue weighted by atomic mass is 32.2. The molecule has 1 heterocycles. The summed E-state index contributed by atoms with van der Waals surface area (Å²) >= 11 is 0. The Hall–Kier alpha value is -1.60. The van der Waals surface area contributed by atoms with Crippen molar-refractivity contribution in [1.29, 1.82) is 0 Å². The van der Waals surface area contributed by atoms with Crippen LogP contribution in [0.2, 0.25) is 0 Å². The van der Waals surface area contributed by atoms with Crippen LogP contribution in [0.4, 0.5) is 0 Å². The van der Waals surface area contributed by atoms with Crippen LogP contribution in [-0.4, -0.2) is 56.0 Å². The first-order chi connectivity index (χ1) is 10.9. The number of amides is 1. The van der Waals surface area contributed by atoms with E-state index in [9.17, 15) is 13.2 Å². The number of carbonyl (C=O) groups excluding carboxylic acids is 1. The van der Waals surface area contributed by atoms with E-state index in [2.05, 4.69) is 0 Å². The van der Waals surface area contributed by atoms with Crippen molar-refractivity contribution < 1.29 is 17.9 Å². The minimum atomic E-state index is -3.35. The van der Waals surface area contributed by atoms with E-state index >= 15 is 0 Å². The van der Waals surface area contributed by atoms with E-state index in [0.29, 0.717) is 26.1 Å². The average Bonchev–Trinajstić information content (AvgIpc) is 3.02. The molecule has 0 aromatic heterocycles. The van der Waals surface area contributed by atoms with Gasteiger partial charge in [-0.05, 0) is 37.5 Å². The molecule has 1 amide bonds. The Balaban J connectivity index is 2.11. The number of rotatable bonds is 6. The number of carbonyl (C=O) groups is 1. The van der Waals surface area contributed by atoms with Gasteiger partial charge in [-0.1, -0.05) is 12.1 Å². The zero-order valence-electron chi connectivity index (χ0n) is 13.9. The fraction of sp³-hybridized carbons (Fsp3) is 0.562. The molecule has 1 fully saturated rings. The third kappa shape index (κ3) is 4.23. The Kier molecular flexibility index (Phi) is 5.64. The highest BCUT2D eigenvalue weighted by molar-refractivity contribution is 7.88. The van der Waals surface area contributed by atoms with E-state index in [1.807, 2.05) is 31.2 Å². The lowest BCUT2D eigenvalue weighted by atomic mass is 10.1. The van der Waals surface area contributed by atoms with Crippen LogP contribution in [0.15, 0.2) is 24.3 Å². The van der Waals surface area contributed by atoms with Crippen LogP contribution in [0.5, 0.6) is 5.75 Å². The van der Waals surface area contributed by atoms with E-state index in [0.717, 1.165) is 17.7 Å². The topological polar surface area (TPSA) is 66.9 Å². The van der Waals surface area contributed by atoms with Crippen LogP contribution in [0.25, 0.3) is 0 Å². The summed E-state index contributed by atoms with van der Waals surface area (Å²) in [5, 5.41) is 0. The molecule has 23 heavy (non-hydrogen) atoms. The lowest BCUT2D eigenvalue weighted by Crippen LogP contribution is -2.47. The van der Waals surface area contributed by atoms with Gasteiger partial charge in [0.15, 0.2) is 0 Å². The van der Waals surface area contributed by atoms with Gasteiger partial charge in [0.05, 0.1) is 13.4 Å². The van der Waals surface area contributed by atoms with Crippen LogP contribution < -0.4 is 4.74 Å². The fourth-order valence-electron chi connectivity index (χ4n) is 2.89. The Morgan fingerprint density at radius 1 is 1.35 bits per heavy atom. The second-order valence-electron chi connectivity index (χ2n) is 5.73. The number of sulfonamides is 1. The molecule has 128 valence electrons. The molecule has 0 N–H and O–H groups in total. The van der Waals surface area contributed by atoms with Gasteiger partial charge >= 0.3 is 0 Å². The maximum atomic E-state index is 12.8. The number of benzene rings is 1. The maximum absolute atomic E-state index is 12.8. The molecule has 1 aromatic rings. The number of methoxy groups -OCH3 is 1. The van der Waals surface area contributed by atoms with E-state index in [-0.39, 0.29) is 5.91 Å². The van der Waals surface area contributed by atoms with E-state index in [4.69, 9.17) is 4.74 Å². The smallest absolute Gasteiger partial charge is 0.241 e. The first kappa shape index (κ1) is 17.7. The predicted octanol–water partition coefficient (Wildman–Crippen LogP) is 1.47. The van der Waals surface area contributed by atoms with E-state index < -0.39 is 16.1 Å². The minimum Gasteiger partial charge on any atom is -0.497 e. The SMILES string of the molecule is CCN(Cc1ccc(OC)cc1)C(=O)C1CCCN1S(C)(=O)=O. The average molecular weight is 340 g/mol. The third-order valence-corrected chi connectivity index (χ3v) is 5.43. The summed E-state index contributed by atoms with van der Waals surface area (Å²) in [4.78, 5) is 14.5. The first-order valence-electron chi connectivity index (χ1n) is 7.75. The Bertz CT molecular complexity index is 643. The third-order valence-electron chi connectivity index (χ3n) is 4.14. The fourth-order valence-corrected chi connectivity index (χ4v) is 4.01. The molecule has 1 unspecified atom stereocenters. The second kappa shape index (κ2) is 7.31. The van der Waals surface area contributed by atoms with Crippen molar-refractivity contribution in [3.8, 4) is 5.75 Å². The van der Waals surface area contributed by atoms with Gasteiger partial charge in [0.25, 0.3) is 0 Å². The number of hydrogen-bond acceptors (Lipinski definition) is 4. The van der Waals surface area contributed by atoms with E-state index in [1.54, 1.807) is 12.0 Å². The van der Waals surface area contributed by atoms with Gasteiger partial charge in [-0.3, -0.25) is 4.79 Å². The highest BCUT2D eigenvalue weighted by Gasteiger charge is 2.38. The lowest BCUT2D eigenvalue weighted by Gasteiger charge is -2.28. The van der Waals surface area contributed by atoms with E-state index in [1.165, 1.54) is 10.6 Å². The van der Waals surface area contributed by atoms with Gasteiger partial charge in [0.2, 0.25) is 15.9 Å². The molecule has 0 bridgehead atoms. The second-order valence-corrected chi connectivity index (χ2v) is 7.67. The van der Waals surface area contributed by atoms with Crippen LogP contribution in [0.3, 0.4) is 0 Å². The largest absolute Gasteiger partial charge is 0.497 e. The molecule has 7 heteroatoms. The number of hydrogen-bond donors (Lipinski definition) is 0. The molecule has 0 spiro atoms. The lowest BCUT2D eigenvalue weighted by molar-refractivity contribution is -0.135. The maximum Gasteiger partial charge on any atom is 0.241 e. The van der Waals surface area contributed by atoms with Crippen LogP contribution in [0, 0.1) is 0 Å². The van der Waals surface area contributed by atoms with Gasteiger partial charge in [0.1, 0.15) is 11.8 Å². The van der Waals surface area contributed by atoms with Crippen molar-refractivity contribution in [2.75, 3.05) is 26.5 Å². The van der Waals surface area contributed by atoms with Crippen molar-refractivity contribution in [2.45, 2.75) is 32.4 Å². The summed E-state index contributed by atoms with van der Waals surface area (Å²) < 4.78 is 30.1. The van der Waals surface area contributed by atoms with Crippen molar-refractivity contribution in [3.63, 3.8) is 0 Å². The molecular formula is C16H24N2O4S. The number of nitrogens with zero attached hydrogens (tertiary/aromatic N) is 2. The molecule has 0 saturated carbocycles. The van der Waals surface area contributed by atoms with Gasteiger partial charge in [-0.25, -0.2) is 8.42 Å². The number of likely N-dealkylation sites (N-methyl/N-ethyl adjacent to an activating group) is 1. The van der Waals surface area contributed by atoms with Crippen molar-refractivity contribution in [3.05, 3.63) is 29.8 Å². The van der Waals surface area contributed by atoms with Crippen LogP contribution in [-0.2, 0) is 21.4 Å². The molecule has 1 aromatic carbocycles. The first-order valence-corrected chi connectivity index (χ1v) is 9.60. The quantitative estimate of drug-likeness (QED) is 0.786. The van der Waals surface area contributed by atoms with Crippen molar-refractivity contribution in [1.82, 2.24) is 9.21 Å². The minimum absolute atomic E-state index is 0.119. The summed E-state index contributed by atoms with van der Waals surface area (Å²) in [6.45, 7) is 3.34. The monoisotopic (exact) mass is 340 g/mol. The van der Waals surface area contributed by atoms with Crippen LogP contribution >= 0.6 is 0 Å². The van der Waals surface area contributed by atoms with Gasteiger partial charge < -0.3 is 9.64 Å². The summed E-state index contributed by atoms with van der Waals surface area (Å²) in [7, 11) is -1.74. The Morgan fingerprint density at radius 3 is 2.52 bits per heavy atom. The summed E-state index contributed by atoms with van der Waals surface area (Å²) in [6, 6.07) is 6.97. The summed E-state index contributed by atoms with van der Waals surface area (Å²) in [5.74, 6) is 0.647. The molecule has 1 saturated heterocycles. The zero-order valence-corrected chi connectivity index (χ0v) is 14.7. The molecule has 0 aliphatic carbocycles. The molecule has 1 atom stereocenters. The molecule has 6 nitrogen and oxygen atoms in total. The molecule has 1 aliphatic heterocycles. The summed E-state index contributed by atoms with van der Waals surface area (Å²) in [5.41, 5.74) is 0.991. The zero-order chi connectivity index (χ0) is 17.0. The molecule has 0 radical (unpaired) electrons. The standard InChI is InChI=1S/C16H24N2O4S/c1-4-17(12-13-7-9-14(22-2)10-8-13)16(19)15-6-5-11-18(15)23(3,20)21/h7-10,15H,4-6,11-12H2,1-3H3. The van der Waals surface area contributed by atoms with Crippen molar-refractivity contribution >= 4 is 15.9 Å². The van der Waals surface area contributed by atoms with Gasteiger partial charge in [-0.15, -0.1) is 0 Å². The van der Waals surface area contributed by atoms with Crippen LogP contribution in [0.1, 0.15) is 25.3 Å². The highest BCUT2D eigenvalue weighted by Crippen LogP contribution is 2.23. The predicted molar refractivity (Wildman–Crippen MR) is 88.7 cm³/mol. The molecule has 1 aliphatic rings. The number of ether oxygens (including phenoxy) is 1.